The van der Waals surface area contributed by atoms with Gasteiger partial charge in [0.2, 0.25) is 0 Å². The molecule has 0 aliphatic heterocycles. The Morgan fingerprint density at radius 1 is 1.27 bits per heavy atom. The summed E-state index contributed by atoms with van der Waals surface area (Å²) in [6, 6.07) is 10.5. The highest BCUT2D eigenvalue weighted by atomic mass is 16.2. The summed E-state index contributed by atoms with van der Waals surface area (Å²) >= 11 is 0. The Morgan fingerprint density at radius 2 is 2.00 bits per heavy atom. The number of aliphatic hydroxyl groups is 1. The van der Waals surface area contributed by atoms with Crippen LogP contribution in [0.3, 0.4) is 0 Å². The zero-order valence-electron chi connectivity index (χ0n) is 9.45. The SMILES string of the molecule is C/C(=C\CCc1ccccc1)CCCO. The molecule has 0 unspecified atom stereocenters. The molecule has 82 valence electrons. The molecule has 1 rings (SSSR count). The third kappa shape index (κ3) is 5.38. The van der Waals surface area contributed by atoms with Crippen LogP contribution in [-0.2, 0) is 6.42 Å². The van der Waals surface area contributed by atoms with E-state index in [2.05, 4.69) is 37.3 Å². The van der Waals surface area contributed by atoms with Crippen LogP contribution in [0.15, 0.2) is 42.0 Å². The topological polar surface area (TPSA) is 20.2 Å². The van der Waals surface area contributed by atoms with Crippen molar-refractivity contribution >= 4 is 0 Å². The van der Waals surface area contributed by atoms with E-state index < -0.39 is 0 Å². The van der Waals surface area contributed by atoms with Crippen molar-refractivity contribution < 1.29 is 5.11 Å². The summed E-state index contributed by atoms with van der Waals surface area (Å²) < 4.78 is 0. The highest BCUT2D eigenvalue weighted by Gasteiger charge is 1.91. The van der Waals surface area contributed by atoms with Gasteiger partial charge in [0.05, 0.1) is 0 Å². The summed E-state index contributed by atoms with van der Waals surface area (Å²) in [5.41, 5.74) is 2.78. The van der Waals surface area contributed by atoms with Gasteiger partial charge in [-0.2, -0.15) is 0 Å². The summed E-state index contributed by atoms with van der Waals surface area (Å²) in [4.78, 5) is 0. The van der Waals surface area contributed by atoms with E-state index in [1.807, 2.05) is 6.07 Å². The van der Waals surface area contributed by atoms with Gasteiger partial charge in [0.1, 0.15) is 0 Å². The lowest BCUT2D eigenvalue weighted by molar-refractivity contribution is 0.288. The van der Waals surface area contributed by atoms with Crippen molar-refractivity contribution in [3.8, 4) is 0 Å². The van der Waals surface area contributed by atoms with Crippen molar-refractivity contribution in [1.29, 1.82) is 0 Å². The molecule has 1 N–H and O–H groups in total. The molecular weight excluding hydrogens is 184 g/mol. The van der Waals surface area contributed by atoms with Crippen molar-refractivity contribution in [3.05, 3.63) is 47.5 Å². The van der Waals surface area contributed by atoms with E-state index >= 15 is 0 Å². The average Bonchev–Trinajstić information content (AvgIpc) is 2.28. The summed E-state index contributed by atoms with van der Waals surface area (Å²) in [5.74, 6) is 0. The molecule has 0 aliphatic rings. The minimum Gasteiger partial charge on any atom is -0.396 e. The van der Waals surface area contributed by atoms with Gasteiger partial charge in [-0.3, -0.25) is 0 Å². The molecule has 0 saturated heterocycles. The first kappa shape index (κ1) is 12.0. The molecule has 0 amide bonds. The molecule has 0 bridgehead atoms. The Morgan fingerprint density at radius 3 is 2.67 bits per heavy atom. The smallest absolute Gasteiger partial charge is 0.0434 e. The lowest BCUT2D eigenvalue weighted by atomic mass is 10.1. The largest absolute Gasteiger partial charge is 0.396 e. The van der Waals surface area contributed by atoms with Crippen LogP contribution in [0.4, 0.5) is 0 Å². The predicted octanol–water partition coefficient (Wildman–Crippen LogP) is 3.34. The van der Waals surface area contributed by atoms with Crippen LogP contribution in [0.2, 0.25) is 0 Å². The number of aliphatic hydroxyl groups excluding tert-OH is 1. The number of benzene rings is 1. The highest BCUT2D eigenvalue weighted by Crippen LogP contribution is 2.08. The van der Waals surface area contributed by atoms with Gasteiger partial charge < -0.3 is 5.11 Å². The van der Waals surface area contributed by atoms with Gasteiger partial charge in [-0.15, -0.1) is 0 Å². The second-order valence-corrected chi connectivity index (χ2v) is 3.90. The quantitative estimate of drug-likeness (QED) is 0.705. The second kappa shape index (κ2) is 7.24. The van der Waals surface area contributed by atoms with Gasteiger partial charge in [0.15, 0.2) is 0 Å². The van der Waals surface area contributed by atoms with Gasteiger partial charge in [-0.05, 0) is 38.2 Å². The first-order chi connectivity index (χ1) is 7.33. The van der Waals surface area contributed by atoms with Crippen LogP contribution < -0.4 is 0 Å². The van der Waals surface area contributed by atoms with E-state index in [1.54, 1.807) is 0 Å². The second-order valence-electron chi connectivity index (χ2n) is 3.90. The molecule has 0 atom stereocenters. The van der Waals surface area contributed by atoms with Crippen LogP contribution in [0.1, 0.15) is 31.7 Å². The van der Waals surface area contributed by atoms with Gasteiger partial charge in [-0.25, -0.2) is 0 Å². The molecule has 1 aromatic carbocycles. The Balaban J connectivity index is 2.26. The highest BCUT2D eigenvalue weighted by molar-refractivity contribution is 5.15. The number of allylic oxidation sites excluding steroid dienone is 2. The number of hydrogen-bond acceptors (Lipinski definition) is 1. The van der Waals surface area contributed by atoms with Crippen LogP contribution in [0, 0.1) is 0 Å². The molecule has 0 saturated carbocycles. The lowest BCUT2D eigenvalue weighted by Gasteiger charge is -2.00. The van der Waals surface area contributed by atoms with E-state index in [0.29, 0.717) is 6.61 Å². The van der Waals surface area contributed by atoms with Gasteiger partial charge in [-0.1, -0.05) is 42.0 Å². The van der Waals surface area contributed by atoms with Gasteiger partial charge >= 0.3 is 0 Å². The van der Waals surface area contributed by atoms with Crippen LogP contribution in [0.5, 0.6) is 0 Å². The Labute approximate surface area is 92.5 Å². The van der Waals surface area contributed by atoms with E-state index in [9.17, 15) is 0 Å². The lowest BCUT2D eigenvalue weighted by Crippen LogP contribution is -1.86. The number of aryl methyl sites for hydroxylation is 1. The minimum atomic E-state index is 0.296. The third-order valence-electron chi connectivity index (χ3n) is 2.50. The standard InChI is InChI=1S/C14H20O/c1-13(8-6-12-15)7-5-11-14-9-3-2-4-10-14/h2-4,7,9-10,15H,5-6,8,11-12H2,1H3/b13-7+. The van der Waals surface area contributed by atoms with Crippen molar-refractivity contribution in [1.82, 2.24) is 0 Å². The zero-order valence-corrected chi connectivity index (χ0v) is 9.45. The molecule has 15 heavy (non-hydrogen) atoms. The zero-order chi connectivity index (χ0) is 10.9. The monoisotopic (exact) mass is 204 g/mol. The van der Waals surface area contributed by atoms with Gasteiger partial charge in [0, 0.05) is 6.61 Å². The predicted molar refractivity (Wildman–Crippen MR) is 64.8 cm³/mol. The maximum absolute atomic E-state index is 8.69. The van der Waals surface area contributed by atoms with E-state index in [4.69, 9.17) is 5.11 Å². The number of rotatable bonds is 6. The Kier molecular flexibility index (Phi) is 5.79. The molecule has 1 aromatic rings. The minimum absolute atomic E-state index is 0.296. The fourth-order valence-electron chi connectivity index (χ4n) is 1.59. The molecule has 1 heteroatoms. The molecule has 0 radical (unpaired) electrons. The van der Waals surface area contributed by atoms with Crippen molar-refractivity contribution in [2.24, 2.45) is 0 Å². The van der Waals surface area contributed by atoms with Crippen LogP contribution in [-0.4, -0.2) is 11.7 Å². The fourth-order valence-corrected chi connectivity index (χ4v) is 1.59. The normalized spacial score (nSPS) is 11.7. The van der Waals surface area contributed by atoms with Crippen LogP contribution in [0.25, 0.3) is 0 Å². The summed E-state index contributed by atoms with van der Waals surface area (Å²) in [6.45, 7) is 2.44. The van der Waals surface area contributed by atoms with Crippen molar-refractivity contribution in [2.45, 2.75) is 32.6 Å². The molecule has 1 nitrogen and oxygen atoms in total. The van der Waals surface area contributed by atoms with Crippen LogP contribution >= 0.6 is 0 Å². The summed E-state index contributed by atoms with van der Waals surface area (Å²) in [7, 11) is 0. The van der Waals surface area contributed by atoms with E-state index in [0.717, 1.165) is 25.7 Å². The third-order valence-corrected chi connectivity index (χ3v) is 2.50. The van der Waals surface area contributed by atoms with E-state index in [1.165, 1.54) is 11.1 Å². The molecular formula is C14H20O. The first-order valence-electron chi connectivity index (χ1n) is 5.63. The first-order valence-corrected chi connectivity index (χ1v) is 5.63. The molecule has 0 aliphatic carbocycles. The summed E-state index contributed by atoms with van der Waals surface area (Å²) in [5, 5.41) is 8.69. The molecule has 0 aromatic heterocycles. The van der Waals surface area contributed by atoms with E-state index in [-0.39, 0.29) is 0 Å². The van der Waals surface area contributed by atoms with Crippen molar-refractivity contribution in [2.75, 3.05) is 6.61 Å². The van der Waals surface area contributed by atoms with Crippen molar-refractivity contribution in [3.63, 3.8) is 0 Å². The molecule has 0 fully saturated rings. The number of hydrogen-bond donors (Lipinski definition) is 1. The molecule has 0 heterocycles. The molecule has 0 spiro atoms. The summed E-state index contributed by atoms with van der Waals surface area (Å²) in [6.07, 6.45) is 6.39. The maximum atomic E-state index is 8.69. The Hall–Kier alpha value is -1.08. The fraction of sp³-hybridized carbons (Fsp3) is 0.429. The average molecular weight is 204 g/mol. The maximum Gasteiger partial charge on any atom is 0.0434 e. The Bertz CT molecular complexity index is 287. The van der Waals surface area contributed by atoms with Gasteiger partial charge in [0.25, 0.3) is 0 Å².